The first-order valence-electron chi connectivity index (χ1n) is 4.63. The molecule has 84 valence electrons. The van der Waals surface area contributed by atoms with Gasteiger partial charge >= 0.3 is 0 Å². The Hall–Kier alpha value is -0.910. The summed E-state index contributed by atoms with van der Waals surface area (Å²) < 4.78 is 4.78. The molecule has 0 saturated carbocycles. The summed E-state index contributed by atoms with van der Waals surface area (Å²) >= 11 is 1.46. The van der Waals surface area contributed by atoms with Crippen LogP contribution in [0.4, 0.5) is 0 Å². The van der Waals surface area contributed by atoms with E-state index in [2.05, 4.69) is 5.48 Å². The largest absolute Gasteiger partial charge is 0.382 e. The van der Waals surface area contributed by atoms with Crippen molar-refractivity contribution < 1.29 is 14.4 Å². The Morgan fingerprint density at radius 2 is 2.20 bits per heavy atom. The van der Waals surface area contributed by atoms with E-state index < -0.39 is 0 Å². The van der Waals surface area contributed by atoms with Crippen LogP contribution in [0, 0.1) is 13.8 Å². The highest BCUT2D eigenvalue weighted by Crippen LogP contribution is 2.20. The normalized spacial score (nSPS) is 10.3. The third-order valence-electron chi connectivity index (χ3n) is 1.94. The molecule has 1 aromatic rings. The molecule has 0 aliphatic heterocycles. The van der Waals surface area contributed by atoms with E-state index in [1.807, 2.05) is 19.9 Å². The minimum absolute atomic E-state index is 0.202. The van der Waals surface area contributed by atoms with Gasteiger partial charge in [-0.25, -0.2) is 5.48 Å². The lowest BCUT2D eigenvalue weighted by atomic mass is 10.3. The van der Waals surface area contributed by atoms with Crippen LogP contribution in [0.15, 0.2) is 6.07 Å². The van der Waals surface area contributed by atoms with Crippen LogP contribution in [0.2, 0.25) is 0 Å². The van der Waals surface area contributed by atoms with Crippen molar-refractivity contribution in [2.24, 2.45) is 0 Å². The van der Waals surface area contributed by atoms with E-state index >= 15 is 0 Å². The number of hydroxylamine groups is 1. The standard InChI is InChI=1S/C10H15NO3S/c1-7-6-9(15-8(7)2)10(12)11-14-5-4-13-3/h6H,4-5H2,1-3H3,(H,11,12). The summed E-state index contributed by atoms with van der Waals surface area (Å²) in [4.78, 5) is 18.2. The molecule has 0 aromatic carbocycles. The van der Waals surface area contributed by atoms with E-state index in [-0.39, 0.29) is 5.91 Å². The Bertz CT molecular complexity index is 316. The summed E-state index contributed by atoms with van der Waals surface area (Å²) in [6.07, 6.45) is 0. The minimum Gasteiger partial charge on any atom is -0.382 e. The van der Waals surface area contributed by atoms with Gasteiger partial charge in [0.1, 0.15) is 0 Å². The molecule has 1 rings (SSSR count). The molecule has 1 amide bonds. The number of aryl methyl sites for hydroxylation is 2. The maximum Gasteiger partial charge on any atom is 0.284 e. The van der Waals surface area contributed by atoms with Crippen molar-refractivity contribution in [3.63, 3.8) is 0 Å². The molecule has 1 N–H and O–H groups in total. The number of carbonyl (C=O) groups is 1. The smallest absolute Gasteiger partial charge is 0.284 e. The molecule has 0 saturated heterocycles. The Balaban J connectivity index is 2.40. The maximum atomic E-state index is 11.5. The highest BCUT2D eigenvalue weighted by Gasteiger charge is 2.09. The molecular weight excluding hydrogens is 214 g/mol. The number of nitrogens with one attached hydrogen (secondary N) is 1. The molecule has 0 atom stereocenters. The fraction of sp³-hybridized carbons (Fsp3) is 0.500. The molecule has 0 aliphatic rings. The summed E-state index contributed by atoms with van der Waals surface area (Å²) in [5.74, 6) is -0.202. The van der Waals surface area contributed by atoms with E-state index in [0.717, 1.165) is 10.4 Å². The Morgan fingerprint density at radius 3 is 2.73 bits per heavy atom. The van der Waals surface area contributed by atoms with Crippen molar-refractivity contribution in [1.82, 2.24) is 5.48 Å². The number of hydrogen-bond acceptors (Lipinski definition) is 4. The maximum absolute atomic E-state index is 11.5. The van der Waals surface area contributed by atoms with Gasteiger partial charge in [0.15, 0.2) is 0 Å². The average molecular weight is 229 g/mol. The van der Waals surface area contributed by atoms with Gasteiger partial charge in [-0.3, -0.25) is 9.63 Å². The number of ether oxygens (including phenoxy) is 1. The van der Waals surface area contributed by atoms with Crippen LogP contribution >= 0.6 is 11.3 Å². The van der Waals surface area contributed by atoms with E-state index in [0.29, 0.717) is 18.1 Å². The molecule has 0 aliphatic carbocycles. The number of hydrogen-bond donors (Lipinski definition) is 1. The number of methoxy groups -OCH3 is 1. The Morgan fingerprint density at radius 1 is 1.47 bits per heavy atom. The fourth-order valence-corrected chi connectivity index (χ4v) is 1.90. The van der Waals surface area contributed by atoms with E-state index in [9.17, 15) is 4.79 Å². The second-order valence-electron chi connectivity index (χ2n) is 3.12. The highest BCUT2D eigenvalue weighted by atomic mass is 32.1. The third kappa shape index (κ3) is 3.62. The van der Waals surface area contributed by atoms with Crippen LogP contribution in [0.5, 0.6) is 0 Å². The van der Waals surface area contributed by atoms with Crippen molar-refractivity contribution in [1.29, 1.82) is 0 Å². The molecule has 1 heterocycles. The van der Waals surface area contributed by atoms with Gasteiger partial charge in [0, 0.05) is 12.0 Å². The number of rotatable bonds is 5. The lowest BCUT2D eigenvalue weighted by molar-refractivity contribution is 0.00914. The van der Waals surface area contributed by atoms with Crippen LogP contribution in [-0.2, 0) is 9.57 Å². The molecule has 0 spiro atoms. The minimum atomic E-state index is -0.202. The van der Waals surface area contributed by atoms with Gasteiger partial charge in [-0.2, -0.15) is 0 Å². The molecule has 15 heavy (non-hydrogen) atoms. The monoisotopic (exact) mass is 229 g/mol. The zero-order valence-electron chi connectivity index (χ0n) is 9.12. The van der Waals surface area contributed by atoms with Crippen molar-refractivity contribution in [2.75, 3.05) is 20.3 Å². The first-order chi connectivity index (χ1) is 7.15. The van der Waals surface area contributed by atoms with Gasteiger partial charge in [-0.15, -0.1) is 11.3 Å². The topological polar surface area (TPSA) is 47.6 Å². The molecule has 1 aromatic heterocycles. The molecule has 0 unspecified atom stereocenters. The second kappa shape index (κ2) is 5.85. The first-order valence-corrected chi connectivity index (χ1v) is 5.45. The van der Waals surface area contributed by atoms with Crippen molar-refractivity contribution in [3.05, 3.63) is 21.4 Å². The number of thiophene rings is 1. The molecule has 0 radical (unpaired) electrons. The number of carbonyl (C=O) groups excluding carboxylic acids is 1. The summed E-state index contributed by atoms with van der Waals surface area (Å²) in [6, 6.07) is 1.86. The number of amides is 1. The Kier molecular flexibility index (Phi) is 4.74. The van der Waals surface area contributed by atoms with Gasteiger partial charge in [0.2, 0.25) is 0 Å². The fourth-order valence-electron chi connectivity index (χ4n) is 0.977. The zero-order chi connectivity index (χ0) is 11.3. The third-order valence-corrected chi connectivity index (χ3v) is 3.10. The van der Waals surface area contributed by atoms with Crippen LogP contribution < -0.4 is 5.48 Å². The summed E-state index contributed by atoms with van der Waals surface area (Å²) in [5, 5.41) is 0. The van der Waals surface area contributed by atoms with Crippen LogP contribution in [0.25, 0.3) is 0 Å². The average Bonchev–Trinajstić information content (AvgIpc) is 2.54. The summed E-state index contributed by atoms with van der Waals surface area (Å²) in [5.41, 5.74) is 3.49. The SMILES string of the molecule is COCCONC(=O)c1cc(C)c(C)s1. The van der Waals surface area contributed by atoms with Gasteiger partial charge in [-0.1, -0.05) is 0 Å². The molecule has 0 bridgehead atoms. The summed E-state index contributed by atoms with van der Waals surface area (Å²) in [7, 11) is 1.58. The van der Waals surface area contributed by atoms with Crippen LogP contribution in [0.3, 0.4) is 0 Å². The van der Waals surface area contributed by atoms with Gasteiger partial charge in [-0.05, 0) is 25.5 Å². The lowest BCUT2D eigenvalue weighted by Crippen LogP contribution is -2.24. The van der Waals surface area contributed by atoms with E-state index in [4.69, 9.17) is 9.57 Å². The van der Waals surface area contributed by atoms with E-state index in [1.54, 1.807) is 7.11 Å². The van der Waals surface area contributed by atoms with Gasteiger partial charge in [0.05, 0.1) is 18.1 Å². The van der Waals surface area contributed by atoms with Crippen molar-refractivity contribution in [3.8, 4) is 0 Å². The molecular formula is C10H15NO3S. The van der Waals surface area contributed by atoms with Gasteiger partial charge < -0.3 is 4.74 Å². The predicted octanol–water partition coefficient (Wildman–Crippen LogP) is 1.67. The quantitative estimate of drug-likeness (QED) is 0.617. The molecule has 0 fully saturated rings. The predicted molar refractivity (Wildman–Crippen MR) is 59.1 cm³/mol. The lowest BCUT2D eigenvalue weighted by Gasteiger charge is -2.03. The van der Waals surface area contributed by atoms with Crippen molar-refractivity contribution in [2.45, 2.75) is 13.8 Å². The van der Waals surface area contributed by atoms with Crippen LogP contribution in [0.1, 0.15) is 20.1 Å². The molecule has 5 heteroatoms. The Labute approximate surface area is 93.2 Å². The van der Waals surface area contributed by atoms with Crippen molar-refractivity contribution >= 4 is 17.2 Å². The second-order valence-corrected chi connectivity index (χ2v) is 4.38. The first kappa shape index (κ1) is 12.2. The summed E-state index contributed by atoms with van der Waals surface area (Å²) in [6.45, 7) is 4.78. The highest BCUT2D eigenvalue weighted by molar-refractivity contribution is 7.14. The zero-order valence-corrected chi connectivity index (χ0v) is 9.94. The van der Waals surface area contributed by atoms with E-state index in [1.165, 1.54) is 11.3 Å². The van der Waals surface area contributed by atoms with Crippen LogP contribution in [-0.4, -0.2) is 26.2 Å². The molecule has 4 nitrogen and oxygen atoms in total. The van der Waals surface area contributed by atoms with Gasteiger partial charge in [0.25, 0.3) is 5.91 Å².